The largest absolute Gasteiger partial charge is 0.439 e. The van der Waals surface area contributed by atoms with Crippen molar-refractivity contribution in [2.75, 3.05) is 23.0 Å². The number of anilines is 1. The average Bonchev–Trinajstić information content (AvgIpc) is 3.36. The number of hydrogen-bond donors (Lipinski definition) is 2. The Labute approximate surface area is 216 Å². The lowest BCUT2D eigenvalue weighted by atomic mass is 10.2. The van der Waals surface area contributed by atoms with Crippen molar-refractivity contribution >= 4 is 43.1 Å². The summed E-state index contributed by atoms with van der Waals surface area (Å²) >= 11 is 0. The second-order valence-electron chi connectivity index (χ2n) is 8.63. The zero-order chi connectivity index (χ0) is 26.5. The molecule has 2 N–H and O–H groups in total. The van der Waals surface area contributed by atoms with E-state index in [0.29, 0.717) is 61.9 Å². The van der Waals surface area contributed by atoms with E-state index in [4.69, 9.17) is 18.3 Å². The Hall–Kier alpha value is -3.19. The van der Waals surface area contributed by atoms with Crippen molar-refractivity contribution in [1.29, 1.82) is 0 Å². The van der Waals surface area contributed by atoms with E-state index in [1.807, 2.05) is 58.0 Å². The molecule has 12 heteroatoms. The number of oxazole rings is 1. The highest BCUT2D eigenvalue weighted by Crippen LogP contribution is 2.38. The molecule has 0 saturated carbocycles. The third-order valence-electron chi connectivity index (χ3n) is 5.82. The van der Waals surface area contributed by atoms with Gasteiger partial charge in [-0.25, -0.2) is 0 Å². The van der Waals surface area contributed by atoms with Gasteiger partial charge in [-0.2, -0.15) is 21.4 Å². The minimum atomic E-state index is -4.00. The summed E-state index contributed by atoms with van der Waals surface area (Å²) < 4.78 is 76.1. The van der Waals surface area contributed by atoms with Gasteiger partial charge >= 0.3 is 5.89 Å². The Kier molecular flexibility index (Phi) is 8.32. The Morgan fingerprint density at radius 3 is 2.30 bits per heavy atom. The summed E-state index contributed by atoms with van der Waals surface area (Å²) in [5.41, 5.74) is 2.42. The number of aromatic nitrogens is 1. The van der Waals surface area contributed by atoms with E-state index in [1.54, 1.807) is 18.2 Å². The first kappa shape index (κ1) is 26.9. The number of benzene rings is 2. The summed E-state index contributed by atoms with van der Waals surface area (Å²) in [6.07, 6.45) is 7.07. The van der Waals surface area contributed by atoms with Gasteiger partial charge in [-0.15, -0.1) is 0 Å². The molecule has 0 atom stereocenters. The zero-order valence-corrected chi connectivity index (χ0v) is 21.7. The van der Waals surface area contributed by atoms with Gasteiger partial charge in [0.15, 0.2) is 12.3 Å². The molecule has 4 rings (SSSR count). The van der Waals surface area contributed by atoms with Crippen LogP contribution < -0.4 is 14.2 Å². The molecule has 0 bridgehead atoms. The minimum absolute atomic E-state index is 0.293. The Bertz CT molecular complexity index is 1530. The standard InChI is InChI=1S/C25H28N2O8S2/c28-36(29,30)18-7-5-16-26-20-10-1-3-12-22(20)34-24(26)14-9-15-25-27(17-6-8-19-37(31,32)33)21-11-2-4-13-23(21)35-25/h1-4,9-15H,5-8,16-19H2,(H-,28,29,30,31,32,33)/p+1. The third kappa shape index (κ3) is 7.41. The van der Waals surface area contributed by atoms with E-state index in [-0.39, 0.29) is 11.5 Å². The fourth-order valence-corrected chi connectivity index (χ4v) is 5.27. The smallest absolute Gasteiger partial charge is 0.374 e. The van der Waals surface area contributed by atoms with Gasteiger partial charge in [-0.1, -0.05) is 24.3 Å². The molecule has 0 amide bonds. The number of aryl methyl sites for hydroxylation is 1. The normalized spacial score (nSPS) is 15.1. The van der Waals surface area contributed by atoms with Crippen molar-refractivity contribution in [2.45, 2.75) is 32.2 Å². The maximum Gasteiger partial charge on any atom is 0.374 e. The highest BCUT2D eigenvalue weighted by atomic mass is 32.2. The molecule has 1 aliphatic rings. The highest BCUT2D eigenvalue weighted by molar-refractivity contribution is 7.86. The van der Waals surface area contributed by atoms with Crippen LogP contribution in [0.15, 0.2) is 71.0 Å². The van der Waals surface area contributed by atoms with Gasteiger partial charge in [-0.05, 0) is 49.6 Å². The summed E-state index contributed by atoms with van der Waals surface area (Å²) in [6, 6.07) is 15.1. The van der Waals surface area contributed by atoms with Crippen molar-refractivity contribution in [1.82, 2.24) is 0 Å². The molecule has 0 saturated heterocycles. The number of rotatable bonds is 12. The average molecular weight is 550 g/mol. The van der Waals surface area contributed by atoms with E-state index >= 15 is 0 Å². The Morgan fingerprint density at radius 2 is 1.54 bits per heavy atom. The lowest BCUT2D eigenvalue weighted by molar-refractivity contribution is -0.678. The first-order valence-electron chi connectivity index (χ1n) is 11.9. The van der Waals surface area contributed by atoms with Gasteiger partial charge in [0.05, 0.1) is 23.3 Å². The van der Waals surface area contributed by atoms with Gasteiger partial charge in [0.25, 0.3) is 25.8 Å². The topological polar surface area (TPSA) is 138 Å². The number of para-hydroxylation sites is 4. The summed E-state index contributed by atoms with van der Waals surface area (Å²) in [4.78, 5) is 1.95. The van der Waals surface area contributed by atoms with Crippen molar-refractivity contribution in [2.24, 2.45) is 0 Å². The molecule has 3 aromatic rings. The molecule has 2 aromatic carbocycles. The molecule has 0 unspecified atom stereocenters. The fraction of sp³-hybridized carbons (Fsp3) is 0.320. The number of hydrogen-bond acceptors (Lipinski definition) is 7. The van der Waals surface area contributed by atoms with E-state index in [9.17, 15) is 16.8 Å². The van der Waals surface area contributed by atoms with Gasteiger partial charge in [-0.3, -0.25) is 9.11 Å². The van der Waals surface area contributed by atoms with Crippen LogP contribution in [-0.2, 0) is 26.8 Å². The molecule has 0 radical (unpaired) electrons. The molecule has 1 aromatic heterocycles. The van der Waals surface area contributed by atoms with Crippen LogP contribution in [0.1, 0.15) is 31.6 Å². The zero-order valence-electron chi connectivity index (χ0n) is 20.1. The molecule has 0 aliphatic carbocycles. The predicted octanol–water partition coefficient (Wildman–Crippen LogP) is 3.81. The molecule has 198 valence electrons. The van der Waals surface area contributed by atoms with E-state index in [2.05, 4.69) is 0 Å². The van der Waals surface area contributed by atoms with Gasteiger partial charge in [0, 0.05) is 19.0 Å². The summed E-state index contributed by atoms with van der Waals surface area (Å²) in [7, 11) is -8.00. The number of fused-ring (bicyclic) bond motifs is 2. The maximum absolute atomic E-state index is 11.0. The predicted molar refractivity (Wildman–Crippen MR) is 139 cm³/mol. The first-order chi connectivity index (χ1) is 17.6. The van der Waals surface area contributed by atoms with Crippen molar-refractivity contribution in [3.05, 3.63) is 72.5 Å². The van der Waals surface area contributed by atoms with Crippen LogP contribution in [-0.4, -0.2) is 44.0 Å². The van der Waals surface area contributed by atoms with E-state index < -0.39 is 20.2 Å². The van der Waals surface area contributed by atoms with E-state index in [1.165, 1.54) is 0 Å². The lowest BCUT2D eigenvalue weighted by Gasteiger charge is -2.17. The van der Waals surface area contributed by atoms with Gasteiger partial charge in [0.1, 0.15) is 0 Å². The van der Waals surface area contributed by atoms with Crippen LogP contribution in [0.4, 0.5) is 5.69 Å². The van der Waals surface area contributed by atoms with Crippen molar-refractivity contribution in [3.63, 3.8) is 0 Å². The molecule has 10 nitrogen and oxygen atoms in total. The fourth-order valence-electron chi connectivity index (χ4n) is 4.14. The molecule has 0 spiro atoms. The number of nitrogens with zero attached hydrogens (tertiary/aromatic N) is 2. The number of ether oxygens (including phenoxy) is 1. The number of allylic oxidation sites excluding steroid dienone is 2. The lowest BCUT2D eigenvalue weighted by Crippen LogP contribution is -2.35. The van der Waals surface area contributed by atoms with E-state index in [0.717, 1.165) is 11.2 Å². The quantitative estimate of drug-likeness (QED) is 0.196. The molecule has 2 heterocycles. The Morgan fingerprint density at radius 1 is 0.865 bits per heavy atom. The van der Waals surface area contributed by atoms with Gasteiger partial charge < -0.3 is 14.1 Å². The maximum atomic E-state index is 11.0. The monoisotopic (exact) mass is 549 g/mol. The minimum Gasteiger partial charge on any atom is -0.439 e. The molecule has 37 heavy (non-hydrogen) atoms. The molecular formula is C25H29N2O8S2+. The summed E-state index contributed by atoms with van der Waals surface area (Å²) in [5.74, 6) is 1.24. The SMILES string of the molecule is O=S(=O)(O)CCCCN1C(=CC=Cc2oc3ccccc3[n+]2CCCCS(=O)(=O)O)Oc2ccccc21. The summed E-state index contributed by atoms with van der Waals surface area (Å²) in [5, 5.41) is 0. The van der Waals surface area contributed by atoms with Crippen molar-refractivity contribution < 1.29 is 39.7 Å². The third-order valence-corrected chi connectivity index (χ3v) is 7.43. The molecular weight excluding hydrogens is 520 g/mol. The summed E-state index contributed by atoms with van der Waals surface area (Å²) in [6.45, 7) is 1.01. The number of unbranched alkanes of at least 4 members (excludes halogenated alkanes) is 2. The Balaban J connectivity index is 1.52. The van der Waals surface area contributed by atoms with Crippen LogP contribution in [0.2, 0.25) is 0 Å². The second kappa shape index (κ2) is 11.5. The molecule has 0 fully saturated rings. The van der Waals surface area contributed by atoms with Crippen molar-refractivity contribution in [3.8, 4) is 5.75 Å². The van der Waals surface area contributed by atoms with Crippen LogP contribution >= 0.6 is 0 Å². The highest BCUT2D eigenvalue weighted by Gasteiger charge is 2.25. The van der Waals surface area contributed by atoms with Crippen LogP contribution in [0.3, 0.4) is 0 Å². The van der Waals surface area contributed by atoms with Crippen LogP contribution in [0, 0.1) is 0 Å². The van der Waals surface area contributed by atoms with Gasteiger partial charge in [0.2, 0.25) is 11.5 Å². The van der Waals surface area contributed by atoms with Crippen LogP contribution in [0.25, 0.3) is 17.2 Å². The van der Waals surface area contributed by atoms with Crippen LogP contribution in [0.5, 0.6) is 5.75 Å². The molecule has 1 aliphatic heterocycles. The second-order valence-corrected chi connectivity index (χ2v) is 11.8. The first-order valence-corrected chi connectivity index (χ1v) is 15.1.